The zero-order valence-electron chi connectivity index (χ0n) is 63.1. The molecule has 0 amide bonds. The average Bonchev–Trinajstić information content (AvgIpc) is 0.856. The van der Waals surface area contributed by atoms with E-state index in [1.165, 1.54) is 16.7 Å². The van der Waals surface area contributed by atoms with Crippen LogP contribution in [0.2, 0.25) is 0 Å². The normalized spacial score (nSPS) is 17.8. The van der Waals surface area contributed by atoms with Gasteiger partial charge < -0.3 is 34.3 Å². The lowest BCUT2D eigenvalue weighted by atomic mass is 9.82. The molecular formula is C89H145Cl2IO15. The zero-order chi connectivity index (χ0) is 75.5. The van der Waals surface area contributed by atoms with Crippen LogP contribution >= 0.6 is 47.2 Å². The number of phenolic OH excluding ortho intramolecular Hbond substituents is 1. The minimum absolute atomic E-state index is 0. The molecule has 4 aliphatic carbocycles. The van der Waals surface area contributed by atoms with Gasteiger partial charge in [0, 0.05) is 11.8 Å². The number of halogens is 3. The number of hydrogen-bond donors (Lipinski definition) is 3. The number of unbranched alkanes of at least 4 members (excludes halogenated alkanes) is 2. The monoisotopic (exact) mass is 1650 g/mol. The molecule has 3 N–H and O–H groups in total. The Bertz CT molecular complexity index is 2780. The summed E-state index contributed by atoms with van der Waals surface area (Å²) >= 11 is 10.7. The molecule has 0 unspecified atom stereocenters. The highest BCUT2D eigenvalue weighted by atomic mass is 127. The van der Waals surface area contributed by atoms with E-state index < -0.39 is 11.9 Å². The van der Waals surface area contributed by atoms with Gasteiger partial charge >= 0.3 is 35.8 Å². The van der Waals surface area contributed by atoms with Crippen molar-refractivity contribution in [2.45, 2.75) is 290 Å². The molecular weight excluding hydrogens is 1510 g/mol. The number of rotatable bonds is 18. The van der Waals surface area contributed by atoms with Gasteiger partial charge in [0.15, 0.2) is 0 Å². The minimum Gasteiger partial charge on any atom is -0.508 e. The Morgan fingerprint density at radius 3 is 0.673 bits per heavy atom. The quantitative estimate of drug-likeness (QED) is 0.0320. The number of carboxylic acid groups (broad SMARTS) is 2. The minimum atomic E-state index is -0.793. The molecule has 107 heavy (non-hydrogen) atoms. The van der Waals surface area contributed by atoms with Crippen molar-refractivity contribution in [1.29, 1.82) is 0 Å². The first kappa shape index (κ1) is 116. The topological polar surface area (TPSA) is 234 Å². The highest BCUT2D eigenvalue weighted by molar-refractivity contribution is 14.0. The van der Waals surface area contributed by atoms with E-state index in [9.17, 15) is 38.4 Å². The third-order valence-electron chi connectivity index (χ3n) is 17.0. The van der Waals surface area contributed by atoms with Gasteiger partial charge in [-0.1, -0.05) is 218 Å². The number of esters is 4. The molecule has 4 aliphatic rings. The van der Waals surface area contributed by atoms with Crippen molar-refractivity contribution in [3.63, 3.8) is 0 Å². The number of phenols is 1. The van der Waals surface area contributed by atoms with Gasteiger partial charge in [0.05, 0.1) is 35.5 Å². The van der Waals surface area contributed by atoms with Gasteiger partial charge in [-0.25, -0.2) is 0 Å². The number of aliphatic carboxylic acids is 2. The number of ether oxygens (including phenoxy) is 4. The summed E-state index contributed by atoms with van der Waals surface area (Å²) in [5.74, 6) is -1.10. The Hall–Kier alpha value is -6.63. The van der Waals surface area contributed by atoms with Crippen molar-refractivity contribution in [3.8, 4) is 28.7 Å². The summed E-state index contributed by atoms with van der Waals surface area (Å²) < 4.78 is 22.1. The summed E-state index contributed by atoms with van der Waals surface area (Å²) in [6.45, 7) is 30.3. The molecule has 0 heterocycles. The fourth-order valence-electron chi connectivity index (χ4n) is 11.0. The molecule has 9 rings (SSSR count). The number of aryl methyl sites for hydroxylation is 5. The number of hydrogen-bond acceptors (Lipinski definition) is 13. The Morgan fingerprint density at radius 2 is 0.495 bits per heavy atom. The maximum Gasteiger partial charge on any atom is 0.314 e. The molecule has 15 nitrogen and oxygen atoms in total. The van der Waals surface area contributed by atoms with Crippen LogP contribution in [-0.2, 0) is 51.2 Å². The summed E-state index contributed by atoms with van der Waals surface area (Å²) in [5.41, 5.74) is 5.94. The lowest BCUT2D eigenvalue weighted by molar-refractivity contribution is -0.148. The largest absolute Gasteiger partial charge is 0.508 e. The van der Waals surface area contributed by atoms with Crippen LogP contribution in [0, 0.1) is 68.1 Å². The Morgan fingerprint density at radius 1 is 0.318 bits per heavy atom. The standard InChI is InChI=1S/C28H36O4.C22H24O4.C8H10Cl2O2.C8H12O4.C7H8O.5C2H6.6CH4.HI/c1-3-5-7-21-9-17-25(18-10-21)31-27(29)23-13-15-24(16-14-23)28(30)32-26-19-11-22(12-20-26)8-6-4-2;1-15-3-11-19(12-4-15)25-21(23)17-7-9-18(10-8-17)22(24)26-20-13-5-16(2)6-14-20;9-7(11)5-1-2-6(4-3-5)8(10)12;9-7(10)5-1-2-6(4-3-5)8(11)12;1-6-2-4-7(8)5-3-6;5*1-2;;;;;;;/h9-12,17-20,23-24H,3-8,13-16H2,1-2H3;3-6,11-14,17-18H,7-10H2,1-2H3;5-6H,1-4H2;5-6H,1-4H2,(H,9,10)(H,11,12);2-5,8H,1H3;5*1-2H3;6*1H4;1H. The summed E-state index contributed by atoms with van der Waals surface area (Å²) in [4.78, 5) is 92.2. The van der Waals surface area contributed by atoms with E-state index in [4.69, 9.17) is 57.5 Å². The summed E-state index contributed by atoms with van der Waals surface area (Å²) in [6, 6.07) is 37.6. The molecule has 0 radical (unpaired) electrons. The van der Waals surface area contributed by atoms with Crippen molar-refractivity contribution in [3.05, 3.63) is 149 Å². The second-order valence-electron chi connectivity index (χ2n) is 24.1. The molecule has 4 saturated carbocycles. The zero-order valence-corrected chi connectivity index (χ0v) is 67.0. The smallest absolute Gasteiger partial charge is 0.314 e. The fraction of sp³-hybridized carbons (Fsp3) is 0.573. The SMILES string of the molecule is C.C.C.C.C.C.CC.CC.CC.CC.CC.CCCCc1ccc(OC(=O)C2CCC(C(=O)Oc3ccc(CCCC)cc3)CC2)cc1.Cc1ccc(O)cc1.Cc1ccc(OC(=O)C2CCC(C(=O)Oc3ccc(C)cc3)CC2)cc1.I.O=C(Cl)C1CCC(C(=O)Cl)CC1.O=C(O)C1CCC(C(=O)O)CC1. The van der Waals surface area contributed by atoms with Crippen molar-refractivity contribution in [2.75, 3.05) is 0 Å². The van der Waals surface area contributed by atoms with E-state index >= 15 is 0 Å². The maximum atomic E-state index is 12.6. The second kappa shape index (κ2) is 69.8. The molecule has 5 aromatic rings. The van der Waals surface area contributed by atoms with Crippen molar-refractivity contribution in [2.24, 2.45) is 47.3 Å². The van der Waals surface area contributed by atoms with Crippen LogP contribution in [0.5, 0.6) is 28.7 Å². The van der Waals surface area contributed by atoms with Crippen molar-refractivity contribution >= 4 is 93.5 Å². The molecule has 0 saturated heterocycles. The van der Waals surface area contributed by atoms with E-state index in [-0.39, 0.29) is 150 Å². The first-order valence-electron chi connectivity index (χ1n) is 36.9. The molecule has 0 aromatic heterocycles. The van der Waals surface area contributed by atoms with Crippen LogP contribution in [0.1, 0.15) is 284 Å². The van der Waals surface area contributed by atoms with Gasteiger partial charge in [0.25, 0.3) is 0 Å². The number of carbonyl (C=O) groups excluding carboxylic acids is 6. The highest BCUT2D eigenvalue weighted by Crippen LogP contribution is 2.35. The Labute approximate surface area is 676 Å². The molecule has 0 bridgehead atoms. The van der Waals surface area contributed by atoms with E-state index in [1.54, 1.807) is 36.4 Å². The third kappa shape index (κ3) is 48.5. The molecule has 0 spiro atoms. The Kier molecular flexibility index (Phi) is 75.8. The number of carboxylic acids is 2. The second-order valence-corrected chi connectivity index (χ2v) is 24.9. The van der Waals surface area contributed by atoms with Crippen LogP contribution in [0.3, 0.4) is 0 Å². The molecule has 612 valence electrons. The van der Waals surface area contributed by atoms with Crippen LogP contribution < -0.4 is 18.9 Å². The number of carbonyl (C=O) groups is 8. The molecule has 5 aromatic carbocycles. The third-order valence-corrected chi connectivity index (χ3v) is 17.6. The summed E-state index contributed by atoms with van der Waals surface area (Å²) in [6.07, 6.45) is 16.8. The van der Waals surface area contributed by atoms with Gasteiger partial charge in [-0.15, -0.1) is 24.0 Å². The van der Waals surface area contributed by atoms with Crippen LogP contribution in [-0.4, -0.2) is 61.6 Å². The highest BCUT2D eigenvalue weighted by Gasteiger charge is 2.34. The maximum absolute atomic E-state index is 12.6. The van der Waals surface area contributed by atoms with Crippen LogP contribution in [0.15, 0.2) is 121 Å². The van der Waals surface area contributed by atoms with E-state index in [2.05, 4.69) is 13.8 Å². The van der Waals surface area contributed by atoms with Crippen molar-refractivity contribution < 1.29 is 72.6 Å². The fourth-order valence-corrected chi connectivity index (χ4v) is 11.5. The molecule has 0 atom stereocenters. The first-order chi connectivity index (χ1) is 48.1. The van der Waals surface area contributed by atoms with Crippen LogP contribution in [0.25, 0.3) is 0 Å². The molecule has 18 heteroatoms. The van der Waals surface area contributed by atoms with E-state index in [1.807, 2.05) is 175 Å². The lowest BCUT2D eigenvalue weighted by Crippen LogP contribution is -2.30. The summed E-state index contributed by atoms with van der Waals surface area (Å²) in [5, 5.41) is 25.4. The van der Waals surface area contributed by atoms with Gasteiger partial charge in [-0.2, -0.15) is 0 Å². The summed E-state index contributed by atoms with van der Waals surface area (Å²) in [7, 11) is 0. The molecule has 0 aliphatic heterocycles. The van der Waals surface area contributed by atoms with Gasteiger partial charge in [0.2, 0.25) is 10.5 Å². The predicted molar refractivity (Wildman–Crippen MR) is 459 cm³/mol. The predicted octanol–water partition coefficient (Wildman–Crippen LogP) is 25.9. The Balaban J connectivity index is -0.000000195. The van der Waals surface area contributed by atoms with Gasteiger partial charge in [0.1, 0.15) is 28.7 Å². The first-order valence-corrected chi connectivity index (χ1v) is 37.6. The number of benzene rings is 5. The average molecular weight is 1650 g/mol. The number of aromatic hydroxyl groups is 1. The molecule has 4 fully saturated rings. The lowest BCUT2D eigenvalue weighted by Gasteiger charge is -2.25. The van der Waals surface area contributed by atoms with E-state index in [0.29, 0.717) is 131 Å². The van der Waals surface area contributed by atoms with Crippen molar-refractivity contribution in [1.82, 2.24) is 0 Å². The van der Waals surface area contributed by atoms with Gasteiger partial charge in [-0.3, -0.25) is 38.4 Å². The van der Waals surface area contributed by atoms with E-state index in [0.717, 1.165) is 49.7 Å². The van der Waals surface area contributed by atoms with Gasteiger partial charge in [-0.05, 0) is 244 Å². The van der Waals surface area contributed by atoms with Crippen LogP contribution in [0.4, 0.5) is 0 Å².